The highest BCUT2D eigenvalue weighted by Gasteiger charge is 2.16. The summed E-state index contributed by atoms with van der Waals surface area (Å²) in [7, 11) is 0. The van der Waals surface area contributed by atoms with Crippen LogP contribution < -0.4 is 5.32 Å². The first-order chi connectivity index (χ1) is 19.6. The Kier molecular flexibility index (Phi) is 6.91. The smallest absolute Gasteiger partial charge is 0.135 e. The Balaban J connectivity index is 1.30. The van der Waals surface area contributed by atoms with E-state index >= 15 is 0 Å². The Bertz CT molecular complexity index is 1870. The van der Waals surface area contributed by atoms with Crippen molar-refractivity contribution in [2.45, 2.75) is 20.4 Å². The van der Waals surface area contributed by atoms with Crippen molar-refractivity contribution in [1.82, 2.24) is 40.0 Å². The number of nitrogens with zero attached hydrogens (tertiary/aromatic N) is 5. The van der Waals surface area contributed by atoms with Crippen molar-refractivity contribution < 1.29 is 0 Å². The van der Waals surface area contributed by atoms with Crippen LogP contribution >= 0.6 is 0 Å². The van der Waals surface area contributed by atoms with E-state index in [9.17, 15) is 0 Å². The van der Waals surface area contributed by atoms with Crippen molar-refractivity contribution in [3.05, 3.63) is 121 Å². The van der Waals surface area contributed by atoms with Crippen LogP contribution in [0.2, 0.25) is 0 Å². The lowest BCUT2D eigenvalue weighted by atomic mass is 10.1. The highest BCUT2D eigenvalue weighted by atomic mass is 15.1. The second kappa shape index (κ2) is 11.0. The zero-order valence-electron chi connectivity index (χ0n) is 22.5. The van der Waals surface area contributed by atoms with E-state index < -0.39 is 0 Å². The van der Waals surface area contributed by atoms with Crippen LogP contribution in [0.1, 0.15) is 23.9 Å². The molecule has 5 heterocycles. The van der Waals surface area contributed by atoms with E-state index in [-0.39, 0.29) is 0 Å². The molecule has 8 nitrogen and oxygen atoms in total. The molecule has 0 bridgehead atoms. The molecule has 1 aromatic carbocycles. The van der Waals surface area contributed by atoms with Crippen LogP contribution in [0, 0.1) is 6.92 Å². The Hall–Kier alpha value is -5.08. The second-order valence-electron chi connectivity index (χ2n) is 9.65. The minimum atomic E-state index is 0.705. The summed E-state index contributed by atoms with van der Waals surface area (Å²) in [5, 5.41) is 12.3. The molecular weight excluding hydrogens is 496 g/mol. The lowest BCUT2D eigenvalue weighted by Crippen LogP contribution is -2.16. The van der Waals surface area contributed by atoms with Gasteiger partial charge in [0.25, 0.3) is 0 Å². The number of allylic oxidation sites excluding steroid dienone is 3. The summed E-state index contributed by atoms with van der Waals surface area (Å²) in [4.78, 5) is 17.3. The number of aromatic amines is 2. The topological polar surface area (TPSA) is 100 Å². The maximum Gasteiger partial charge on any atom is 0.135 e. The normalized spacial score (nSPS) is 12.4. The number of hydrogen-bond donors (Lipinski definition) is 3. The van der Waals surface area contributed by atoms with Gasteiger partial charge in [0.1, 0.15) is 11.2 Å². The van der Waals surface area contributed by atoms with Crippen LogP contribution in [0.4, 0.5) is 0 Å². The minimum Gasteiger partial charge on any atom is -0.352 e. The lowest BCUT2D eigenvalue weighted by molar-refractivity contribution is 0.747. The molecule has 6 rings (SSSR count). The van der Waals surface area contributed by atoms with Gasteiger partial charge in [-0.1, -0.05) is 49.1 Å². The third kappa shape index (κ3) is 5.00. The summed E-state index contributed by atoms with van der Waals surface area (Å²) in [5.41, 5.74) is 10.3. The number of aryl methyl sites for hydroxylation is 1. The van der Waals surface area contributed by atoms with E-state index in [2.05, 4.69) is 79.5 Å². The van der Waals surface area contributed by atoms with E-state index in [1.54, 1.807) is 6.33 Å². The fourth-order valence-corrected chi connectivity index (χ4v) is 4.80. The van der Waals surface area contributed by atoms with Gasteiger partial charge in [0.15, 0.2) is 0 Å². The predicted octanol–water partition coefficient (Wildman–Crippen LogP) is 6.30. The van der Waals surface area contributed by atoms with Crippen LogP contribution in [0.5, 0.6) is 0 Å². The summed E-state index contributed by atoms with van der Waals surface area (Å²) in [6.07, 6.45) is 13.6. The lowest BCUT2D eigenvalue weighted by Gasteiger charge is -2.08. The molecule has 6 aromatic rings. The Morgan fingerprint density at radius 2 is 1.98 bits per heavy atom. The van der Waals surface area contributed by atoms with Crippen LogP contribution in [0.3, 0.4) is 0 Å². The highest BCUT2D eigenvalue weighted by Crippen LogP contribution is 2.31. The molecule has 0 saturated heterocycles. The first-order valence-corrected chi connectivity index (χ1v) is 13.2. The summed E-state index contributed by atoms with van der Waals surface area (Å²) < 4.78 is 1.98. The Labute approximate surface area is 232 Å². The van der Waals surface area contributed by atoms with Crippen molar-refractivity contribution >= 4 is 27.5 Å². The predicted molar refractivity (Wildman–Crippen MR) is 161 cm³/mol. The van der Waals surface area contributed by atoms with Gasteiger partial charge in [0.05, 0.1) is 52.5 Å². The van der Waals surface area contributed by atoms with Gasteiger partial charge in [-0.05, 0) is 54.8 Å². The van der Waals surface area contributed by atoms with E-state index in [1.165, 1.54) is 5.56 Å². The minimum absolute atomic E-state index is 0.705. The standard InChI is InChI=1S/C32H30N8/c1-4-22(15-33-16-23-9-7-6-8-10-23)13-24(5-2)26-11-12-27-31(37-26)32(39-38-27)28-14-25-29(36-28)17-34-18-30(25)40-19-21(3)35-20-40/h4-14,17-20,33,36H,1,15-16H2,2-3H3,(H,38,39)/b22-13+,24-5+. The van der Waals surface area contributed by atoms with Crippen LogP contribution in [-0.2, 0) is 6.54 Å². The SMILES string of the molecule is C=C/C(=C\C(=C/C)c1ccc2[nH]nc(-c3cc4c(-n5cnc(C)c5)cncc4[nH]3)c2n1)CNCc1ccccc1. The molecule has 0 aliphatic heterocycles. The molecule has 0 aliphatic rings. The van der Waals surface area contributed by atoms with Crippen molar-refractivity contribution in [3.8, 4) is 17.1 Å². The number of nitrogens with one attached hydrogen (secondary N) is 3. The van der Waals surface area contributed by atoms with Gasteiger partial charge in [-0.2, -0.15) is 5.10 Å². The fraction of sp³-hybridized carbons (Fsp3) is 0.125. The number of benzene rings is 1. The number of H-pyrrole nitrogens is 2. The molecule has 3 N–H and O–H groups in total. The molecule has 5 aromatic heterocycles. The first-order valence-electron chi connectivity index (χ1n) is 13.2. The molecule has 0 fully saturated rings. The van der Waals surface area contributed by atoms with E-state index in [0.717, 1.165) is 68.1 Å². The zero-order chi connectivity index (χ0) is 27.5. The number of rotatable bonds is 9. The molecule has 0 spiro atoms. The van der Waals surface area contributed by atoms with E-state index in [1.807, 2.05) is 61.3 Å². The summed E-state index contributed by atoms with van der Waals surface area (Å²) in [6, 6.07) is 16.5. The Morgan fingerprint density at radius 3 is 2.75 bits per heavy atom. The van der Waals surface area contributed by atoms with Gasteiger partial charge in [0, 0.05) is 24.7 Å². The molecule has 8 heteroatoms. The van der Waals surface area contributed by atoms with Gasteiger partial charge in [-0.25, -0.2) is 9.97 Å². The number of pyridine rings is 2. The zero-order valence-corrected chi connectivity index (χ0v) is 22.5. The second-order valence-corrected chi connectivity index (χ2v) is 9.65. The summed E-state index contributed by atoms with van der Waals surface area (Å²) >= 11 is 0. The van der Waals surface area contributed by atoms with Gasteiger partial charge in [0.2, 0.25) is 0 Å². The van der Waals surface area contributed by atoms with E-state index in [4.69, 9.17) is 4.98 Å². The largest absolute Gasteiger partial charge is 0.352 e. The van der Waals surface area contributed by atoms with Crippen molar-refractivity contribution in [2.24, 2.45) is 0 Å². The van der Waals surface area contributed by atoms with Crippen molar-refractivity contribution in [1.29, 1.82) is 0 Å². The summed E-state index contributed by atoms with van der Waals surface area (Å²) in [6.45, 7) is 9.52. The fourth-order valence-electron chi connectivity index (χ4n) is 4.80. The molecule has 0 saturated carbocycles. The molecule has 0 aliphatic carbocycles. The quantitative estimate of drug-likeness (QED) is 0.192. The average molecular weight is 527 g/mol. The summed E-state index contributed by atoms with van der Waals surface area (Å²) in [5.74, 6) is 0. The molecule has 0 atom stereocenters. The van der Waals surface area contributed by atoms with Crippen LogP contribution in [0.25, 0.3) is 44.6 Å². The third-order valence-corrected chi connectivity index (χ3v) is 6.89. The van der Waals surface area contributed by atoms with Gasteiger partial charge >= 0.3 is 0 Å². The maximum absolute atomic E-state index is 5.04. The van der Waals surface area contributed by atoms with E-state index in [0.29, 0.717) is 6.54 Å². The van der Waals surface area contributed by atoms with Crippen molar-refractivity contribution in [2.75, 3.05) is 6.54 Å². The maximum atomic E-state index is 5.04. The molecule has 198 valence electrons. The monoisotopic (exact) mass is 526 g/mol. The van der Waals surface area contributed by atoms with Gasteiger partial charge in [-0.15, -0.1) is 0 Å². The molecule has 0 amide bonds. The van der Waals surface area contributed by atoms with Crippen LogP contribution in [-0.4, -0.2) is 41.2 Å². The molecule has 40 heavy (non-hydrogen) atoms. The van der Waals surface area contributed by atoms with Gasteiger partial charge < -0.3 is 14.9 Å². The number of imidazole rings is 1. The average Bonchev–Trinajstić information content (AvgIpc) is 3.72. The molecule has 0 unspecified atom stereocenters. The third-order valence-electron chi connectivity index (χ3n) is 6.89. The first kappa shape index (κ1) is 25.2. The highest BCUT2D eigenvalue weighted by molar-refractivity contribution is 5.96. The number of hydrogen-bond acceptors (Lipinski definition) is 5. The number of aromatic nitrogens is 7. The molecular formula is C32H30N8. The van der Waals surface area contributed by atoms with Gasteiger partial charge in [-0.3, -0.25) is 10.1 Å². The molecule has 0 radical (unpaired) electrons. The van der Waals surface area contributed by atoms with Crippen LogP contribution in [0.15, 0.2) is 104 Å². The van der Waals surface area contributed by atoms with Crippen molar-refractivity contribution in [3.63, 3.8) is 0 Å². The Morgan fingerprint density at radius 1 is 1.10 bits per heavy atom. The number of fused-ring (bicyclic) bond motifs is 2.